The van der Waals surface area contributed by atoms with Gasteiger partial charge in [-0.05, 0) is 30.5 Å². The summed E-state index contributed by atoms with van der Waals surface area (Å²) >= 11 is 5.84. The molecule has 0 aliphatic heterocycles. The highest BCUT2D eigenvalue weighted by Crippen LogP contribution is 2.45. The summed E-state index contributed by atoms with van der Waals surface area (Å²) < 4.78 is 0. The minimum Gasteiger partial charge on any atom is -0.481 e. The second-order valence-corrected chi connectivity index (χ2v) is 6.31. The summed E-state index contributed by atoms with van der Waals surface area (Å²) in [5.41, 5.74) is -0.0430. The van der Waals surface area contributed by atoms with E-state index in [0.29, 0.717) is 17.9 Å². The minimum absolute atomic E-state index is 0.0386. The maximum Gasteiger partial charge on any atom is 0.311 e. The lowest BCUT2D eigenvalue weighted by Crippen LogP contribution is -2.37. The fourth-order valence-electron chi connectivity index (χ4n) is 2.34. The quantitative estimate of drug-likeness (QED) is 0.707. The lowest BCUT2D eigenvalue weighted by molar-refractivity contribution is -0.143. The fraction of sp³-hybridized carbons (Fsp3) is 0.438. The largest absolute Gasteiger partial charge is 0.481 e. The van der Waals surface area contributed by atoms with Crippen LogP contribution in [0, 0.1) is 5.41 Å². The van der Waals surface area contributed by atoms with Crippen molar-refractivity contribution in [3.8, 4) is 0 Å². The van der Waals surface area contributed by atoms with Crippen molar-refractivity contribution in [2.45, 2.75) is 32.2 Å². The number of carbonyl (C=O) groups excluding carboxylic acids is 2. The van der Waals surface area contributed by atoms with Gasteiger partial charge in [0.2, 0.25) is 11.8 Å². The van der Waals surface area contributed by atoms with Gasteiger partial charge in [0.25, 0.3) is 0 Å². The number of halogens is 1. The summed E-state index contributed by atoms with van der Waals surface area (Å²) in [5.74, 6) is -1.43. The smallest absolute Gasteiger partial charge is 0.311 e. The van der Waals surface area contributed by atoms with E-state index in [-0.39, 0.29) is 24.8 Å². The first kappa shape index (κ1) is 17.3. The van der Waals surface area contributed by atoms with Gasteiger partial charge < -0.3 is 15.7 Å². The zero-order valence-electron chi connectivity index (χ0n) is 12.8. The molecular formula is C16H19ClN2O4. The Hall–Kier alpha value is -2.08. The van der Waals surface area contributed by atoms with Gasteiger partial charge in [-0.25, -0.2) is 0 Å². The van der Waals surface area contributed by atoms with Crippen LogP contribution in [0.5, 0.6) is 0 Å². The maximum atomic E-state index is 12.1. The number of carbonyl (C=O) groups is 3. The van der Waals surface area contributed by atoms with Crippen molar-refractivity contribution in [1.29, 1.82) is 0 Å². The molecule has 7 heteroatoms. The number of aliphatic carboxylic acids is 1. The van der Waals surface area contributed by atoms with Gasteiger partial charge in [-0.2, -0.15) is 0 Å². The summed E-state index contributed by atoms with van der Waals surface area (Å²) in [7, 11) is 0. The van der Waals surface area contributed by atoms with E-state index in [1.807, 2.05) is 0 Å². The van der Waals surface area contributed by atoms with Gasteiger partial charge in [0, 0.05) is 18.5 Å². The average Bonchev–Trinajstić information content (AvgIpc) is 3.26. The van der Waals surface area contributed by atoms with E-state index in [4.69, 9.17) is 16.7 Å². The second-order valence-electron chi connectivity index (χ2n) is 5.87. The monoisotopic (exact) mass is 338 g/mol. The summed E-state index contributed by atoms with van der Waals surface area (Å²) in [5, 5.41) is 15.0. The van der Waals surface area contributed by atoms with Crippen LogP contribution < -0.4 is 10.6 Å². The Morgan fingerprint density at radius 1 is 1.26 bits per heavy atom. The second kappa shape index (κ2) is 7.00. The first-order chi connectivity index (χ1) is 10.8. The van der Waals surface area contributed by atoms with Crippen LogP contribution in [0.25, 0.3) is 0 Å². The molecule has 0 aromatic heterocycles. The Bertz CT molecular complexity index is 611. The van der Waals surface area contributed by atoms with Crippen molar-refractivity contribution in [2.75, 3.05) is 6.54 Å². The Labute approximate surface area is 139 Å². The van der Waals surface area contributed by atoms with E-state index in [1.54, 1.807) is 24.3 Å². The topological polar surface area (TPSA) is 95.5 Å². The zero-order chi connectivity index (χ0) is 17.0. The van der Waals surface area contributed by atoms with Crippen molar-refractivity contribution in [3.63, 3.8) is 0 Å². The van der Waals surface area contributed by atoms with Gasteiger partial charge in [0.1, 0.15) is 0 Å². The highest BCUT2D eigenvalue weighted by Gasteiger charge is 2.50. The van der Waals surface area contributed by atoms with Crippen LogP contribution in [-0.4, -0.2) is 29.4 Å². The number of nitrogens with one attached hydrogen (secondary N) is 2. The Balaban J connectivity index is 1.97. The zero-order valence-corrected chi connectivity index (χ0v) is 13.5. The number of hydrogen-bond donors (Lipinski definition) is 3. The molecule has 2 rings (SSSR count). The van der Waals surface area contributed by atoms with Crippen LogP contribution >= 0.6 is 11.6 Å². The molecule has 0 bridgehead atoms. The molecule has 1 aliphatic carbocycles. The molecule has 1 aromatic carbocycles. The molecule has 1 aromatic rings. The van der Waals surface area contributed by atoms with Crippen LogP contribution in [0.4, 0.5) is 0 Å². The molecule has 2 amide bonds. The van der Waals surface area contributed by atoms with Crippen molar-refractivity contribution in [1.82, 2.24) is 10.6 Å². The van der Waals surface area contributed by atoms with E-state index in [1.165, 1.54) is 6.92 Å². The Kier molecular flexibility index (Phi) is 5.26. The number of rotatable bonds is 7. The van der Waals surface area contributed by atoms with E-state index in [0.717, 1.165) is 5.56 Å². The van der Waals surface area contributed by atoms with E-state index < -0.39 is 17.4 Å². The lowest BCUT2D eigenvalue weighted by atomic mass is 10.0. The first-order valence-corrected chi connectivity index (χ1v) is 7.73. The van der Waals surface area contributed by atoms with E-state index in [9.17, 15) is 14.4 Å². The number of carboxylic acids is 1. The standard InChI is InChI=1S/C16H19ClN2O4/c1-10(20)19-13(11-2-4-12(17)5-3-11)8-14(21)18-9-16(6-7-16)15(22)23/h2-5,13H,6-9H2,1H3,(H,18,21)(H,19,20)(H,22,23). The first-order valence-electron chi connectivity index (χ1n) is 7.35. The molecule has 1 atom stereocenters. The SMILES string of the molecule is CC(=O)NC(CC(=O)NCC1(C(=O)O)CC1)c1ccc(Cl)cc1. The highest BCUT2D eigenvalue weighted by molar-refractivity contribution is 6.30. The average molecular weight is 339 g/mol. The molecule has 1 unspecified atom stereocenters. The van der Waals surface area contributed by atoms with Crippen molar-refractivity contribution in [2.24, 2.45) is 5.41 Å². The number of amides is 2. The van der Waals surface area contributed by atoms with Gasteiger partial charge in [-0.1, -0.05) is 23.7 Å². The van der Waals surface area contributed by atoms with Gasteiger partial charge >= 0.3 is 5.97 Å². The van der Waals surface area contributed by atoms with Crippen LogP contribution in [0.1, 0.15) is 37.8 Å². The van der Waals surface area contributed by atoms with Crippen LogP contribution in [0.15, 0.2) is 24.3 Å². The van der Waals surface area contributed by atoms with Gasteiger partial charge in [-0.15, -0.1) is 0 Å². The Morgan fingerprint density at radius 2 is 1.87 bits per heavy atom. The van der Waals surface area contributed by atoms with Crippen LogP contribution in [0.2, 0.25) is 5.02 Å². The molecule has 3 N–H and O–H groups in total. The van der Waals surface area contributed by atoms with Gasteiger partial charge in [-0.3, -0.25) is 14.4 Å². The summed E-state index contributed by atoms with van der Waals surface area (Å²) in [6.45, 7) is 1.50. The summed E-state index contributed by atoms with van der Waals surface area (Å²) in [6.07, 6.45) is 1.20. The molecule has 0 spiro atoms. The molecule has 6 nitrogen and oxygen atoms in total. The molecule has 0 heterocycles. The lowest BCUT2D eigenvalue weighted by Gasteiger charge is -2.19. The molecule has 1 saturated carbocycles. The van der Waals surface area contributed by atoms with Crippen LogP contribution in [0.3, 0.4) is 0 Å². The van der Waals surface area contributed by atoms with Crippen LogP contribution in [-0.2, 0) is 14.4 Å². The molecule has 0 saturated heterocycles. The summed E-state index contributed by atoms with van der Waals surface area (Å²) in [6, 6.07) is 6.39. The number of carboxylic acid groups (broad SMARTS) is 1. The molecular weight excluding hydrogens is 320 g/mol. The highest BCUT2D eigenvalue weighted by atomic mass is 35.5. The third kappa shape index (κ3) is 4.69. The van der Waals surface area contributed by atoms with Gasteiger partial charge in [0.15, 0.2) is 0 Å². The Morgan fingerprint density at radius 3 is 2.35 bits per heavy atom. The third-order valence-electron chi connectivity index (χ3n) is 3.97. The van der Waals surface area contributed by atoms with Crippen molar-refractivity contribution >= 4 is 29.4 Å². The summed E-state index contributed by atoms with van der Waals surface area (Å²) in [4.78, 5) is 34.5. The number of hydrogen-bond acceptors (Lipinski definition) is 3. The molecule has 23 heavy (non-hydrogen) atoms. The molecule has 0 radical (unpaired) electrons. The number of benzene rings is 1. The van der Waals surface area contributed by atoms with E-state index in [2.05, 4.69) is 10.6 Å². The predicted molar refractivity (Wildman–Crippen MR) is 84.9 cm³/mol. The van der Waals surface area contributed by atoms with Gasteiger partial charge in [0.05, 0.1) is 17.9 Å². The van der Waals surface area contributed by atoms with Crippen molar-refractivity contribution in [3.05, 3.63) is 34.9 Å². The van der Waals surface area contributed by atoms with Crippen molar-refractivity contribution < 1.29 is 19.5 Å². The normalized spacial score (nSPS) is 16.3. The predicted octanol–water partition coefficient (Wildman–Crippen LogP) is 1.89. The molecule has 1 aliphatic rings. The third-order valence-corrected chi connectivity index (χ3v) is 4.22. The molecule has 124 valence electrons. The maximum absolute atomic E-state index is 12.1. The fourth-order valence-corrected chi connectivity index (χ4v) is 2.46. The molecule has 1 fully saturated rings. The minimum atomic E-state index is -0.881. The van der Waals surface area contributed by atoms with E-state index >= 15 is 0 Å².